The predicted molar refractivity (Wildman–Crippen MR) is 185 cm³/mol. The molecule has 1 aliphatic carbocycles. The van der Waals surface area contributed by atoms with Gasteiger partial charge in [0.25, 0.3) is 0 Å². The summed E-state index contributed by atoms with van der Waals surface area (Å²) >= 11 is 7.25. The number of hydrogen-bond acceptors (Lipinski definition) is 0. The fourth-order valence-corrected chi connectivity index (χ4v) is 7.21. The number of hydrogen-bond donors (Lipinski definition) is 0. The summed E-state index contributed by atoms with van der Waals surface area (Å²) in [6.07, 6.45) is 15.2. The van der Waals surface area contributed by atoms with E-state index in [1.165, 1.54) is 97.6 Å². The molecule has 0 saturated carbocycles. The van der Waals surface area contributed by atoms with Gasteiger partial charge < -0.3 is 0 Å². The van der Waals surface area contributed by atoms with E-state index in [0.29, 0.717) is 0 Å². The van der Waals surface area contributed by atoms with E-state index in [1.807, 2.05) is 0 Å². The van der Waals surface area contributed by atoms with E-state index >= 15 is 0 Å². The molecule has 4 aromatic rings. The molecule has 1 aliphatic rings. The number of benzene rings is 4. The fraction of sp³-hybridized carbons (Fsp3) is 0.333. The Morgan fingerprint density at radius 3 is 1.78 bits per heavy atom. The van der Waals surface area contributed by atoms with Crippen molar-refractivity contribution in [2.45, 2.75) is 83.5 Å². The van der Waals surface area contributed by atoms with Crippen molar-refractivity contribution < 1.29 is 0 Å². The first-order valence-corrected chi connectivity index (χ1v) is 17.1. The van der Waals surface area contributed by atoms with Crippen LogP contribution in [0.4, 0.5) is 0 Å². The largest absolute Gasteiger partial charge is 0.0654 e. The van der Waals surface area contributed by atoms with Gasteiger partial charge in [-0.05, 0) is 93.8 Å². The van der Waals surface area contributed by atoms with Crippen molar-refractivity contribution in [3.05, 3.63) is 128 Å². The Morgan fingerprint density at radius 2 is 1.15 bits per heavy atom. The molecule has 0 nitrogen and oxygen atoms in total. The average Bonchev–Trinajstić information content (AvgIpc) is 3.27. The Kier molecular flexibility index (Phi) is 10.4. The predicted octanol–water partition coefficient (Wildman–Crippen LogP) is 13.0. The molecule has 0 radical (unpaired) electrons. The second kappa shape index (κ2) is 14.2. The molecule has 41 heavy (non-hydrogen) atoms. The summed E-state index contributed by atoms with van der Waals surface area (Å²) in [6.45, 7) is 4.63. The van der Waals surface area contributed by atoms with E-state index in [-0.39, 0.29) is 5.41 Å². The van der Waals surface area contributed by atoms with E-state index in [0.717, 1.165) is 8.95 Å². The lowest BCUT2D eigenvalue weighted by atomic mass is 9.70. The molecule has 0 aliphatic heterocycles. The van der Waals surface area contributed by atoms with Crippen molar-refractivity contribution in [1.29, 1.82) is 0 Å². The minimum atomic E-state index is 0.0891. The standard InChI is InChI=1S/C39H42Br2/c1-3-5-7-11-25-39(26-12-8-6-4-2)37-14-10-9-13-34(37)35-24-19-31(28-38(35)39)36(30-17-22-33(41)23-18-30)27-29-15-20-32(40)21-16-29/h9-10,13-24,27-28H,3-8,11-12,25-26H2,1-2H3/b36-27+. The Labute approximate surface area is 264 Å². The minimum absolute atomic E-state index is 0.0891. The van der Waals surface area contributed by atoms with Crippen LogP contribution in [-0.2, 0) is 5.41 Å². The second-order valence-corrected chi connectivity index (χ2v) is 13.5. The lowest BCUT2D eigenvalue weighted by Gasteiger charge is -2.33. The SMILES string of the molecule is CCCCCCC1(CCCCCC)c2ccccc2-c2ccc(/C(=C/c3ccc(Br)cc3)c3ccc(Br)cc3)cc21. The molecule has 0 spiro atoms. The molecule has 212 valence electrons. The van der Waals surface area contributed by atoms with Crippen LogP contribution in [0.3, 0.4) is 0 Å². The first kappa shape index (κ1) is 30.1. The average molecular weight is 671 g/mol. The fourth-order valence-electron chi connectivity index (χ4n) is 6.68. The first-order chi connectivity index (χ1) is 20.1. The molecule has 0 heterocycles. The zero-order chi connectivity index (χ0) is 28.7. The molecule has 4 aromatic carbocycles. The topological polar surface area (TPSA) is 0 Å². The summed E-state index contributed by atoms with van der Waals surface area (Å²) in [5.74, 6) is 0. The second-order valence-electron chi connectivity index (χ2n) is 11.6. The van der Waals surface area contributed by atoms with Crippen LogP contribution in [0.15, 0.2) is 99.9 Å². The summed E-state index contributed by atoms with van der Waals surface area (Å²) in [5, 5.41) is 0. The van der Waals surface area contributed by atoms with Crippen LogP contribution >= 0.6 is 31.9 Å². The summed E-state index contributed by atoms with van der Waals surface area (Å²) < 4.78 is 2.21. The number of unbranched alkanes of at least 4 members (excludes halogenated alkanes) is 6. The molecule has 0 bridgehead atoms. The highest BCUT2D eigenvalue weighted by atomic mass is 79.9. The molecular formula is C39H42Br2. The highest BCUT2D eigenvalue weighted by Gasteiger charge is 2.42. The van der Waals surface area contributed by atoms with Crippen molar-refractivity contribution >= 4 is 43.5 Å². The number of fused-ring (bicyclic) bond motifs is 3. The Hall–Kier alpha value is -2.42. The van der Waals surface area contributed by atoms with Gasteiger partial charge >= 0.3 is 0 Å². The molecule has 5 rings (SSSR count). The first-order valence-electron chi connectivity index (χ1n) is 15.5. The molecular weight excluding hydrogens is 628 g/mol. The lowest BCUT2D eigenvalue weighted by Crippen LogP contribution is -2.25. The maximum absolute atomic E-state index is 3.64. The summed E-state index contributed by atoms with van der Waals surface area (Å²) in [7, 11) is 0. The molecule has 0 atom stereocenters. The molecule has 0 amide bonds. The van der Waals surface area contributed by atoms with Crippen molar-refractivity contribution in [3.63, 3.8) is 0 Å². The Balaban J connectivity index is 1.65. The van der Waals surface area contributed by atoms with Gasteiger partial charge in [-0.25, -0.2) is 0 Å². The third-order valence-corrected chi connectivity index (χ3v) is 9.89. The summed E-state index contributed by atoms with van der Waals surface area (Å²) in [6, 6.07) is 34.0. The van der Waals surface area contributed by atoms with Crippen LogP contribution < -0.4 is 0 Å². The summed E-state index contributed by atoms with van der Waals surface area (Å²) in [5.41, 5.74) is 11.1. The van der Waals surface area contributed by atoms with Gasteiger partial charge in [-0.15, -0.1) is 0 Å². The molecule has 0 fully saturated rings. The quantitative estimate of drug-likeness (QED) is 0.0981. The van der Waals surface area contributed by atoms with E-state index < -0.39 is 0 Å². The van der Waals surface area contributed by atoms with Crippen LogP contribution in [-0.4, -0.2) is 0 Å². The summed E-state index contributed by atoms with van der Waals surface area (Å²) in [4.78, 5) is 0. The minimum Gasteiger partial charge on any atom is -0.0654 e. The van der Waals surface area contributed by atoms with Crippen LogP contribution in [0.25, 0.3) is 22.8 Å². The zero-order valence-electron chi connectivity index (χ0n) is 24.6. The van der Waals surface area contributed by atoms with Crippen molar-refractivity contribution in [2.75, 3.05) is 0 Å². The maximum atomic E-state index is 3.64. The highest BCUT2D eigenvalue weighted by molar-refractivity contribution is 9.10. The maximum Gasteiger partial charge on any atom is 0.0215 e. The number of rotatable bonds is 13. The van der Waals surface area contributed by atoms with Crippen molar-refractivity contribution in [2.24, 2.45) is 0 Å². The van der Waals surface area contributed by atoms with Gasteiger partial charge in [-0.1, -0.05) is 158 Å². The van der Waals surface area contributed by atoms with E-state index in [4.69, 9.17) is 0 Å². The molecule has 0 aromatic heterocycles. The van der Waals surface area contributed by atoms with Gasteiger partial charge in [0.2, 0.25) is 0 Å². The lowest BCUT2D eigenvalue weighted by molar-refractivity contribution is 0.401. The molecule has 0 saturated heterocycles. The number of halogens is 2. The zero-order valence-corrected chi connectivity index (χ0v) is 27.7. The molecule has 2 heteroatoms. The van der Waals surface area contributed by atoms with Crippen LogP contribution in [0.1, 0.15) is 106 Å². The van der Waals surface area contributed by atoms with Crippen molar-refractivity contribution in [3.8, 4) is 11.1 Å². The van der Waals surface area contributed by atoms with Gasteiger partial charge in [0.15, 0.2) is 0 Å². The van der Waals surface area contributed by atoms with Gasteiger partial charge in [0, 0.05) is 14.4 Å². The van der Waals surface area contributed by atoms with Gasteiger partial charge in [-0.2, -0.15) is 0 Å². The third kappa shape index (κ3) is 6.81. The third-order valence-electron chi connectivity index (χ3n) is 8.83. The van der Waals surface area contributed by atoms with Gasteiger partial charge in [0.1, 0.15) is 0 Å². The van der Waals surface area contributed by atoms with Gasteiger partial charge in [-0.3, -0.25) is 0 Å². The molecule has 0 N–H and O–H groups in total. The van der Waals surface area contributed by atoms with E-state index in [9.17, 15) is 0 Å². The Morgan fingerprint density at radius 1 is 0.585 bits per heavy atom. The highest BCUT2D eigenvalue weighted by Crippen LogP contribution is 2.54. The smallest absolute Gasteiger partial charge is 0.0215 e. The van der Waals surface area contributed by atoms with Gasteiger partial charge in [0.05, 0.1) is 0 Å². The van der Waals surface area contributed by atoms with Crippen molar-refractivity contribution in [1.82, 2.24) is 0 Å². The molecule has 0 unspecified atom stereocenters. The monoisotopic (exact) mass is 668 g/mol. The Bertz CT molecular complexity index is 1450. The van der Waals surface area contributed by atoms with Crippen LogP contribution in [0.5, 0.6) is 0 Å². The normalized spacial score (nSPS) is 13.7. The van der Waals surface area contributed by atoms with Crippen LogP contribution in [0.2, 0.25) is 0 Å². The van der Waals surface area contributed by atoms with E-state index in [1.54, 1.807) is 11.1 Å². The van der Waals surface area contributed by atoms with E-state index in [2.05, 4.69) is 143 Å². The van der Waals surface area contributed by atoms with Crippen LogP contribution in [0, 0.1) is 0 Å².